The second kappa shape index (κ2) is 5.64. The molecule has 1 aliphatic rings. The Labute approximate surface area is 83.5 Å². The van der Waals surface area contributed by atoms with Gasteiger partial charge in [0, 0.05) is 6.04 Å². The topological polar surface area (TPSA) is 3.24 Å². The molecule has 2 atom stereocenters. The summed E-state index contributed by atoms with van der Waals surface area (Å²) in [5.74, 6) is 0.938. The molecule has 0 radical (unpaired) electrons. The Kier molecular flexibility index (Phi) is 4.79. The van der Waals surface area contributed by atoms with Crippen LogP contribution in [0.5, 0.6) is 0 Å². The maximum Gasteiger partial charge on any atom is 0.00638 e. The summed E-state index contributed by atoms with van der Waals surface area (Å²) in [7, 11) is 2.28. The van der Waals surface area contributed by atoms with Crippen LogP contribution in [0.4, 0.5) is 0 Å². The molecule has 1 rings (SSSR count). The molecule has 0 aromatic rings. The highest BCUT2D eigenvalue weighted by Gasteiger charge is 2.12. The average molecular weight is 183 g/mol. The van der Waals surface area contributed by atoms with Gasteiger partial charge in [-0.15, -0.1) is 0 Å². The van der Waals surface area contributed by atoms with Gasteiger partial charge in [0.2, 0.25) is 0 Å². The first-order valence-electron chi connectivity index (χ1n) is 5.90. The smallest absolute Gasteiger partial charge is 0.00638 e. The highest BCUT2D eigenvalue weighted by atomic mass is 15.1. The zero-order valence-corrected chi connectivity index (χ0v) is 9.55. The number of nitrogens with zero attached hydrogens (tertiary/aromatic N) is 1. The lowest BCUT2D eigenvalue weighted by molar-refractivity contribution is 0.215. The van der Waals surface area contributed by atoms with Crippen molar-refractivity contribution in [3.63, 3.8) is 0 Å². The Balaban J connectivity index is 2.35. The first-order chi connectivity index (χ1) is 6.20. The summed E-state index contributed by atoms with van der Waals surface area (Å²) in [6, 6.07) is 0.797. The Bertz CT molecular complexity index is 133. The lowest BCUT2D eigenvalue weighted by Gasteiger charge is -2.27. The summed E-state index contributed by atoms with van der Waals surface area (Å²) in [4.78, 5) is 2.53. The highest BCUT2D eigenvalue weighted by molar-refractivity contribution is 4.67. The molecule has 1 heterocycles. The molecule has 1 heteroatoms. The summed E-state index contributed by atoms with van der Waals surface area (Å²) in [5.41, 5.74) is 0. The second-order valence-corrected chi connectivity index (χ2v) is 4.86. The molecule has 0 bridgehead atoms. The van der Waals surface area contributed by atoms with E-state index in [2.05, 4.69) is 25.8 Å². The molecule has 1 nitrogen and oxygen atoms in total. The van der Waals surface area contributed by atoms with Gasteiger partial charge < -0.3 is 4.90 Å². The van der Waals surface area contributed by atoms with Crippen molar-refractivity contribution >= 4 is 0 Å². The van der Waals surface area contributed by atoms with Crippen molar-refractivity contribution in [3.8, 4) is 0 Å². The van der Waals surface area contributed by atoms with Crippen LogP contribution < -0.4 is 0 Å². The van der Waals surface area contributed by atoms with Crippen molar-refractivity contribution < 1.29 is 0 Å². The molecule has 0 amide bonds. The van der Waals surface area contributed by atoms with Crippen LogP contribution in [-0.2, 0) is 0 Å². The van der Waals surface area contributed by atoms with Crippen LogP contribution in [0, 0.1) is 5.92 Å². The van der Waals surface area contributed by atoms with Gasteiger partial charge in [-0.05, 0) is 39.3 Å². The molecule has 0 spiro atoms. The van der Waals surface area contributed by atoms with Crippen LogP contribution in [0.2, 0.25) is 0 Å². The standard InChI is InChI=1S/C12H25N/c1-11-7-5-4-6-8-12(2)13(3)10-9-11/h11-12H,4-10H2,1-3H3. The van der Waals surface area contributed by atoms with E-state index in [4.69, 9.17) is 0 Å². The van der Waals surface area contributed by atoms with E-state index in [1.165, 1.54) is 45.1 Å². The van der Waals surface area contributed by atoms with Crippen molar-refractivity contribution in [2.24, 2.45) is 5.92 Å². The van der Waals surface area contributed by atoms with Gasteiger partial charge in [-0.3, -0.25) is 0 Å². The summed E-state index contributed by atoms with van der Waals surface area (Å²) in [6.45, 7) is 6.06. The van der Waals surface area contributed by atoms with Gasteiger partial charge >= 0.3 is 0 Å². The fraction of sp³-hybridized carbons (Fsp3) is 1.00. The van der Waals surface area contributed by atoms with Crippen LogP contribution in [0.15, 0.2) is 0 Å². The third kappa shape index (κ3) is 4.12. The van der Waals surface area contributed by atoms with E-state index in [1.54, 1.807) is 0 Å². The van der Waals surface area contributed by atoms with Gasteiger partial charge in [0.25, 0.3) is 0 Å². The zero-order chi connectivity index (χ0) is 9.68. The molecule has 1 aliphatic heterocycles. The molecule has 13 heavy (non-hydrogen) atoms. The molecule has 0 saturated carbocycles. The van der Waals surface area contributed by atoms with Gasteiger partial charge in [0.05, 0.1) is 0 Å². The maximum atomic E-state index is 2.53. The van der Waals surface area contributed by atoms with E-state index in [9.17, 15) is 0 Å². The van der Waals surface area contributed by atoms with Crippen molar-refractivity contribution in [1.82, 2.24) is 4.90 Å². The van der Waals surface area contributed by atoms with Crippen LogP contribution in [0.1, 0.15) is 52.4 Å². The third-order valence-corrected chi connectivity index (χ3v) is 3.55. The molecule has 1 fully saturated rings. The normalized spacial score (nSPS) is 34.4. The molecule has 0 aliphatic carbocycles. The molecule has 78 valence electrons. The summed E-state index contributed by atoms with van der Waals surface area (Å²) >= 11 is 0. The largest absolute Gasteiger partial charge is 0.304 e. The van der Waals surface area contributed by atoms with Crippen LogP contribution in [0.3, 0.4) is 0 Å². The number of hydrogen-bond donors (Lipinski definition) is 0. The van der Waals surface area contributed by atoms with Crippen LogP contribution >= 0.6 is 0 Å². The minimum atomic E-state index is 0.797. The minimum Gasteiger partial charge on any atom is -0.304 e. The van der Waals surface area contributed by atoms with Gasteiger partial charge in [0.1, 0.15) is 0 Å². The van der Waals surface area contributed by atoms with Crippen molar-refractivity contribution in [1.29, 1.82) is 0 Å². The quantitative estimate of drug-likeness (QED) is 0.557. The van der Waals surface area contributed by atoms with Gasteiger partial charge in [-0.2, -0.15) is 0 Å². The van der Waals surface area contributed by atoms with E-state index in [1.807, 2.05) is 0 Å². The van der Waals surface area contributed by atoms with Gasteiger partial charge in [-0.25, -0.2) is 0 Å². The Morgan fingerprint density at radius 3 is 2.38 bits per heavy atom. The van der Waals surface area contributed by atoms with E-state index in [0.29, 0.717) is 0 Å². The first kappa shape index (κ1) is 11.0. The molecular weight excluding hydrogens is 158 g/mol. The van der Waals surface area contributed by atoms with E-state index in [-0.39, 0.29) is 0 Å². The van der Waals surface area contributed by atoms with Crippen LogP contribution in [0.25, 0.3) is 0 Å². The fourth-order valence-electron chi connectivity index (χ4n) is 2.12. The van der Waals surface area contributed by atoms with Crippen molar-refractivity contribution in [2.75, 3.05) is 13.6 Å². The second-order valence-electron chi connectivity index (χ2n) is 4.86. The predicted octanol–water partition coefficient (Wildman–Crippen LogP) is 3.30. The van der Waals surface area contributed by atoms with Crippen molar-refractivity contribution in [3.05, 3.63) is 0 Å². The lowest BCUT2D eigenvalue weighted by atomic mass is 9.96. The Morgan fingerprint density at radius 2 is 1.62 bits per heavy atom. The van der Waals surface area contributed by atoms with Crippen LogP contribution in [-0.4, -0.2) is 24.5 Å². The molecule has 0 N–H and O–H groups in total. The van der Waals surface area contributed by atoms with Gasteiger partial charge in [-0.1, -0.05) is 32.6 Å². The first-order valence-corrected chi connectivity index (χ1v) is 5.90. The summed E-state index contributed by atoms with van der Waals surface area (Å²) in [5, 5.41) is 0. The molecule has 2 unspecified atom stereocenters. The SMILES string of the molecule is CC1CCCCCC(C)N(C)CC1. The fourth-order valence-corrected chi connectivity index (χ4v) is 2.12. The summed E-state index contributed by atoms with van der Waals surface area (Å²) in [6.07, 6.45) is 8.56. The number of rotatable bonds is 0. The molecule has 1 saturated heterocycles. The minimum absolute atomic E-state index is 0.797. The highest BCUT2D eigenvalue weighted by Crippen LogP contribution is 2.18. The average Bonchev–Trinajstić information content (AvgIpc) is 2.12. The summed E-state index contributed by atoms with van der Waals surface area (Å²) < 4.78 is 0. The lowest BCUT2D eigenvalue weighted by Crippen LogP contribution is -2.31. The van der Waals surface area contributed by atoms with E-state index in [0.717, 1.165) is 12.0 Å². The van der Waals surface area contributed by atoms with E-state index >= 15 is 0 Å². The maximum absolute atomic E-state index is 2.53. The zero-order valence-electron chi connectivity index (χ0n) is 9.55. The molecular formula is C12H25N. The third-order valence-electron chi connectivity index (χ3n) is 3.55. The Morgan fingerprint density at radius 1 is 0.923 bits per heavy atom. The van der Waals surface area contributed by atoms with Gasteiger partial charge in [0.15, 0.2) is 0 Å². The monoisotopic (exact) mass is 183 g/mol. The predicted molar refractivity (Wildman–Crippen MR) is 59.0 cm³/mol. The number of hydrogen-bond acceptors (Lipinski definition) is 1. The Hall–Kier alpha value is -0.0400. The molecule has 0 aromatic heterocycles. The molecule has 0 aromatic carbocycles. The van der Waals surface area contributed by atoms with Crippen molar-refractivity contribution in [2.45, 2.75) is 58.4 Å². The van der Waals surface area contributed by atoms with E-state index < -0.39 is 0 Å².